The molecule has 128 valence electrons. The van der Waals surface area contributed by atoms with Crippen molar-refractivity contribution in [1.82, 2.24) is 10.6 Å². The lowest BCUT2D eigenvalue weighted by molar-refractivity contribution is -0.899. The van der Waals surface area contributed by atoms with E-state index >= 15 is 0 Å². The van der Waals surface area contributed by atoms with Gasteiger partial charge in [-0.05, 0) is 50.3 Å². The minimum Gasteiger partial charge on any atom is -0.497 e. The first-order valence-corrected chi connectivity index (χ1v) is 8.15. The van der Waals surface area contributed by atoms with E-state index in [-0.39, 0.29) is 11.0 Å². The lowest BCUT2D eigenvalue weighted by Crippen LogP contribution is -3.12. The first-order chi connectivity index (χ1) is 11.0. The number of carbonyl (C=O) groups excluding carboxylic acids is 1. The van der Waals surface area contributed by atoms with Crippen molar-refractivity contribution in [1.29, 1.82) is 0 Å². The molecule has 0 aromatic heterocycles. The molecule has 0 aliphatic heterocycles. The molecule has 0 heterocycles. The van der Waals surface area contributed by atoms with Crippen LogP contribution in [-0.2, 0) is 0 Å². The molecule has 7 heteroatoms. The summed E-state index contributed by atoms with van der Waals surface area (Å²) in [6, 6.07) is 6.74. The van der Waals surface area contributed by atoms with Crippen molar-refractivity contribution in [3.63, 3.8) is 0 Å². The van der Waals surface area contributed by atoms with E-state index < -0.39 is 6.10 Å². The number of hydrogen-bond donors (Lipinski definition) is 4. The molecule has 0 fully saturated rings. The lowest BCUT2D eigenvalue weighted by atomic mass is 10.2. The molecule has 0 unspecified atom stereocenters. The van der Waals surface area contributed by atoms with Crippen LogP contribution < -0.4 is 20.3 Å². The molecule has 0 saturated heterocycles. The maximum Gasteiger partial charge on any atom is 0.257 e. The van der Waals surface area contributed by atoms with E-state index in [0.29, 0.717) is 24.4 Å². The molecule has 0 saturated carbocycles. The van der Waals surface area contributed by atoms with Crippen molar-refractivity contribution >= 4 is 23.2 Å². The standard InChI is InChI=1S/C16H25N3O3S/c1-4-19(5-2)11-13(20)10-17-16(23)18-15(21)12-6-8-14(22-3)9-7-12/h6-9,13,20H,4-5,10-11H2,1-3H3,(H2,17,18,21,23)/p+1/t13-/m0/s1. The van der Waals surface area contributed by atoms with Crippen LogP contribution >= 0.6 is 12.2 Å². The number of amides is 1. The highest BCUT2D eigenvalue weighted by atomic mass is 32.1. The Hall–Kier alpha value is -1.70. The fraction of sp³-hybridized carbons (Fsp3) is 0.500. The summed E-state index contributed by atoms with van der Waals surface area (Å²) < 4.78 is 5.05. The van der Waals surface area contributed by atoms with Crippen LogP contribution in [0.5, 0.6) is 5.75 Å². The predicted molar refractivity (Wildman–Crippen MR) is 94.0 cm³/mol. The van der Waals surface area contributed by atoms with E-state index in [1.54, 1.807) is 31.4 Å². The highest BCUT2D eigenvalue weighted by molar-refractivity contribution is 7.80. The molecule has 4 N–H and O–H groups in total. The third-order valence-electron chi connectivity index (χ3n) is 3.60. The van der Waals surface area contributed by atoms with Crippen molar-refractivity contribution in [2.45, 2.75) is 20.0 Å². The summed E-state index contributed by atoms with van der Waals surface area (Å²) in [7, 11) is 1.57. The summed E-state index contributed by atoms with van der Waals surface area (Å²) in [6.07, 6.45) is -0.513. The van der Waals surface area contributed by atoms with E-state index in [4.69, 9.17) is 17.0 Å². The van der Waals surface area contributed by atoms with Crippen molar-refractivity contribution in [2.75, 3.05) is 33.3 Å². The van der Waals surface area contributed by atoms with Crippen molar-refractivity contribution in [2.24, 2.45) is 0 Å². The highest BCUT2D eigenvalue weighted by Gasteiger charge is 2.13. The third kappa shape index (κ3) is 6.94. The van der Waals surface area contributed by atoms with E-state index in [1.165, 1.54) is 4.90 Å². The molecule has 6 nitrogen and oxygen atoms in total. The molecule has 0 bridgehead atoms. The van der Waals surface area contributed by atoms with Gasteiger partial charge in [-0.15, -0.1) is 0 Å². The van der Waals surface area contributed by atoms with Gasteiger partial charge in [0.2, 0.25) is 0 Å². The number of aliphatic hydroxyl groups excluding tert-OH is 1. The molecule has 1 amide bonds. The van der Waals surface area contributed by atoms with Gasteiger partial charge in [0.25, 0.3) is 5.91 Å². The molecular weight excluding hydrogens is 314 g/mol. The van der Waals surface area contributed by atoms with Crippen LogP contribution in [0.3, 0.4) is 0 Å². The number of thiocarbonyl (C=S) groups is 1. The second-order valence-corrected chi connectivity index (χ2v) is 5.62. The van der Waals surface area contributed by atoms with Gasteiger partial charge >= 0.3 is 0 Å². The van der Waals surface area contributed by atoms with Crippen molar-refractivity contribution < 1.29 is 19.5 Å². The number of nitrogens with one attached hydrogen (secondary N) is 3. The molecule has 23 heavy (non-hydrogen) atoms. The Labute approximate surface area is 142 Å². The average molecular weight is 340 g/mol. The summed E-state index contributed by atoms with van der Waals surface area (Å²) in [5, 5.41) is 15.6. The summed E-state index contributed by atoms with van der Waals surface area (Å²) in [6.45, 7) is 7.05. The topological polar surface area (TPSA) is 75.0 Å². The zero-order chi connectivity index (χ0) is 17.2. The number of likely N-dealkylation sites (N-methyl/N-ethyl adjacent to an activating group) is 1. The first-order valence-electron chi connectivity index (χ1n) is 7.75. The van der Waals surface area contributed by atoms with Crippen LogP contribution in [0.2, 0.25) is 0 Å². The van der Waals surface area contributed by atoms with Gasteiger partial charge in [-0.25, -0.2) is 0 Å². The molecule has 1 aromatic rings. The number of benzene rings is 1. The molecule has 0 spiro atoms. The van der Waals surface area contributed by atoms with Gasteiger partial charge in [0.1, 0.15) is 18.4 Å². The maximum atomic E-state index is 12.0. The number of ether oxygens (including phenoxy) is 1. The number of hydrogen-bond acceptors (Lipinski definition) is 4. The molecular formula is C16H26N3O3S+. The van der Waals surface area contributed by atoms with Gasteiger partial charge in [0.05, 0.1) is 20.2 Å². The van der Waals surface area contributed by atoms with E-state index in [1.807, 2.05) is 0 Å². The van der Waals surface area contributed by atoms with Gasteiger partial charge in [0, 0.05) is 12.1 Å². The second-order valence-electron chi connectivity index (χ2n) is 5.21. The van der Waals surface area contributed by atoms with Crippen LogP contribution in [0.25, 0.3) is 0 Å². The minimum atomic E-state index is -0.513. The maximum absolute atomic E-state index is 12.0. The number of rotatable bonds is 8. The predicted octanol–water partition coefficient (Wildman–Crippen LogP) is -0.415. The Morgan fingerprint density at radius 3 is 2.43 bits per heavy atom. The van der Waals surface area contributed by atoms with Crippen molar-refractivity contribution in [3.8, 4) is 5.75 Å². The van der Waals surface area contributed by atoms with Crippen LogP contribution in [-0.4, -0.2) is 55.5 Å². The van der Waals surface area contributed by atoms with Gasteiger partial charge in [-0.1, -0.05) is 0 Å². The zero-order valence-corrected chi connectivity index (χ0v) is 14.7. The monoisotopic (exact) mass is 340 g/mol. The zero-order valence-electron chi connectivity index (χ0n) is 13.9. The molecule has 1 aromatic carbocycles. The third-order valence-corrected chi connectivity index (χ3v) is 3.85. The van der Waals surface area contributed by atoms with E-state index in [2.05, 4.69) is 24.5 Å². The highest BCUT2D eigenvalue weighted by Crippen LogP contribution is 2.10. The van der Waals surface area contributed by atoms with Crippen molar-refractivity contribution in [3.05, 3.63) is 29.8 Å². The van der Waals surface area contributed by atoms with Gasteiger partial charge in [-0.2, -0.15) is 0 Å². The Kier molecular flexibility index (Phi) is 8.53. The molecule has 0 aliphatic carbocycles. The molecule has 0 aliphatic rings. The average Bonchev–Trinajstić information content (AvgIpc) is 2.57. The normalized spacial score (nSPS) is 11.9. The van der Waals surface area contributed by atoms with Crippen LogP contribution in [0, 0.1) is 0 Å². The van der Waals surface area contributed by atoms with E-state index in [0.717, 1.165) is 13.1 Å². The number of methoxy groups -OCH3 is 1. The fourth-order valence-electron chi connectivity index (χ4n) is 2.12. The number of carbonyl (C=O) groups is 1. The Morgan fingerprint density at radius 1 is 1.30 bits per heavy atom. The lowest BCUT2D eigenvalue weighted by Gasteiger charge is -2.20. The van der Waals surface area contributed by atoms with Gasteiger partial charge in [-0.3, -0.25) is 10.1 Å². The van der Waals surface area contributed by atoms with Gasteiger partial charge < -0.3 is 20.1 Å². The minimum absolute atomic E-state index is 0.208. The Morgan fingerprint density at radius 2 is 1.91 bits per heavy atom. The van der Waals surface area contributed by atoms with Crippen LogP contribution in [0.4, 0.5) is 0 Å². The molecule has 1 atom stereocenters. The van der Waals surface area contributed by atoms with Crippen LogP contribution in [0.15, 0.2) is 24.3 Å². The first kappa shape index (κ1) is 19.3. The Balaban J connectivity index is 2.39. The largest absolute Gasteiger partial charge is 0.497 e. The van der Waals surface area contributed by atoms with Gasteiger partial charge in [0.15, 0.2) is 5.11 Å². The summed E-state index contributed by atoms with van der Waals surface area (Å²) in [5.74, 6) is 0.387. The fourth-order valence-corrected chi connectivity index (χ4v) is 2.29. The SMILES string of the molecule is CC[NH+](CC)C[C@@H](O)CNC(=S)NC(=O)c1ccc(OC)cc1. The smallest absolute Gasteiger partial charge is 0.257 e. The van der Waals surface area contributed by atoms with E-state index in [9.17, 15) is 9.90 Å². The summed E-state index contributed by atoms with van der Waals surface area (Å²) in [4.78, 5) is 13.3. The van der Waals surface area contributed by atoms with Crippen LogP contribution in [0.1, 0.15) is 24.2 Å². The summed E-state index contributed by atoms with van der Waals surface area (Å²) in [5.41, 5.74) is 0.489. The second kappa shape index (κ2) is 10.1. The molecule has 1 rings (SSSR count). The molecule has 0 radical (unpaired) electrons. The Bertz CT molecular complexity index is 504. The quantitative estimate of drug-likeness (QED) is 0.484. The number of aliphatic hydroxyl groups is 1. The summed E-state index contributed by atoms with van der Waals surface area (Å²) >= 11 is 5.08. The number of quaternary nitrogens is 1.